The molecule has 14 aromatic rings. The van der Waals surface area contributed by atoms with E-state index in [0.29, 0.717) is 0 Å². The normalized spacial score (nSPS) is 14.2. The van der Waals surface area contributed by atoms with E-state index >= 15 is 0 Å². The number of furan rings is 1. The van der Waals surface area contributed by atoms with Crippen molar-refractivity contribution in [3.05, 3.63) is 241 Å². The molecule has 71 heavy (non-hydrogen) atoms. The topological polar surface area (TPSA) is 37.2 Å². The standard InChI is InChI=1S/C66H41N3O2/c1-4-14-44(15-5-1)67-57-28-24-40(42-26-30-59-51(34-42)53-36-55-47-20-10-12-22-63(47)70-65(55)38-61(53)68(59)45-16-6-2-7-17-45)32-49(57)50-33-41(25-29-58(50)67)43-27-31-60-52(35-43)54-37-56-48-21-11-13-23-64(48)71-66(56)39-62(54)69(60)46-18-8-3-9-19-46/h1-38,66H,39H2. The monoisotopic (exact) mass is 907 g/mol. The SMILES string of the molecule is C1=C2c3ccccc3OC2Cc2c1c1cc(-c3ccc4c(c3)c3cc(-c5ccc6c(c5)c5cc7c(cc5n6-c5ccccc5)oc5ccccc57)ccc3n4-c3ccccc3)ccc1n2-c1ccccc1. The van der Waals surface area contributed by atoms with Crippen molar-refractivity contribution < 1.29 is 9.15 Å². The van der Waals surface area contributed by atoms with Crippen molar-refractivity contribution >= 4 is 88.1 Å². The molecule has 5 heterocycles. The van der Waals surface area contributed by atoms with E-state index in [1.807, 2.05) is 6.07 Å². The maximum absolute atomic E-state index is 6.58. The summed E-state index contributed by atoms with van der Waals surface area (Å²) in [6.45, 7) is 0. The molecule has 0 saturated carbocycles. The molecule has 0 amide bonds. The minimum absolute atomic E-state index is 0.00845. The molecule has 2 aliphatic rings. The van der Waals surface area contributed by atoms with Gasteiger partial charge in [0, 0.05) is 89.6 Å². The molecule has 1 aliphatic carbocycles. The molecule has 0 radical (unpaired) electrons. The molecule has 0 bridgehead atoms. The van der Waals surface area contributed by atoms with Gasteiger partial charge in [-0.2, -0.15) is 0 Å². The maximum atomic E-state index is 6.58. The van der Waals surface area contributed by atoms with Crippen molar-refractivity contribution in [2.24, 2.45) is 0 Å². The fraction of sp³-hybridized carbons (Fsp3) is 0.0303. The predicted octanol–water partition coefficient (Wildman–Crippen LogP) is 16.9. The largest absolute Gasteiger partial charge is 0.485 e. The lowest BCUT2D eigenvalue weighted by atomic mass is 9.90. The molecule has 4 aromatic heterocycles. The second kappa shape index (κ2) is 14.6. The molecule has 0 N–H and O–H groups in total. The number of ether oxygens (including phenoxy) is 1. The van der Waals surface area contributed by atoms with Crippen LogP contribution in [-0.4, -0.2) is 19.8 Å². The Hall–Kier alpha value is -9.32. The number of hydrogen-bond donors (Lipinski definition) is 0. The van der Waals surface area contributed by atoms with Crippen LogP contribution in [0.5, 0.6) is 5.75 Å². The van der Waals surface area contributed by atoms with Crippen LogP contribution in [0.25, 0.3) is 127 Å². The smallest absolute Gasteiger partial charge is 0.137 e. The summed E-state index contributed by atoms with van der Waals surface area (Å²) in [5.41, 5.74) is 20.8. The second-order valence-corrected chi connectivity index (χ2v) is 19.2. The molecule has 10 aromatic carbocycles. The van der Waals surface area contributed by atoms with Crippen LogP contribution in [0.2, 0.25) is 0 Å². The second-order valence-electron chi connectivity index (χ2n) is 19.2. The van der Waals surface area contributed by atoms with Crippen LogP contribution in [0.4, 0.5) is 0 Å². The van der Waals surface area contributed by atoms with Gasteiger partial charge in [-0.1, -0.05) is 115 Å². The van der Waals surface area contributed by atoms with Gasteiger partial charge in [0.25, 0.3) is 0 Å². The summed E-state index contributed by atoms with van der Waals surface area (Å²) in [5, 5.41) is 8.34. The first kappa shape index (κ1) is 38.6. The third-order valence-electron chi connectivity index (χ3n) is 15.3. The van der Waals surface area contributed by atoms with Gasteiger partial charge in [-0.15, -0.1) is 0 Å². The number of rotatable bonds is 5. The number of para-hydroxylation sites is 5. The fourth-order valence-corrected chi connectivity index (χ4v) is 12.1. The van der Waals surface area contributed by atoms with Gasteiger partial charge in [0.2, 0.25) is 0 Å². The van der Waals surface area contributed by atoms with E-state index in [-0.39, 0.29) is 6.10 Å². The lowest BCUT2D eigenvalue weighted by Crippen LogP contribution is -2.21. The van der Waals surface area contributed by atoms with Gasteiger partial charge in [-0.05, 0) is 131 Å². The summed E-state index contributed by atoms with van der Waals surface area (Å²) in [4.78, 5) is 0. The van der Waals surface area contributed by atoms with Crippen molar-refractivity contribution in [3.8, 4) is 45.1 Å². The van der Waals surface area contributed by atoms with Crippen molar-refractivity contribution in [1.29, 1.82) is 0 Å². The van der Waals surface area contributed by atoms with Gasteiger partial charge in [0.15, 0.2) is 0 Å². The first-order valence-corrected chi connectivity index (χ1v) is 24.5. The zero-order valence-electron chi connectivity index (χ0n) is 38.4. The highest BCUT2D eigenvalue weighted by Gasteiger charge is 2.35. The summed E-state index contributed by atoms with van der Waals surface area (Å²) in [5.74, 6) is 0.970. The highest BCUT2D eigenvalue weighted by molar-refractivity contribution is 6.18. The van der Waals surface area contributed by atoms with Gasteiger partial charge in [0.05, 0.1) is 27.6 Å². The molecule has 0 saturated heterocycles. The maximum Gasteiger partial charge on any atom is 0.137 e. The number of aromatic nitrogens is 3. The zero-order valence-corrected chi connectivity index (χ0v) is 38.4. The van der Waals surface area contributed by atoms with Crippen LogP contribution in [-0.2, 0) is 6.42 Å². The van der Waals surface area contributed by atoms with E-state index in [9.17, 15) is 0 Å². The highest BCUT2D eigenvalue weighted by atomic mass is 16.5. The van der Waals surface area contributed by atoms with Crippen LogP contribution >= 0.6 is 0 Å². The van der Waals surface area contributed by atoms with Crippen LogP contribution in [0, 0.1) is 0 Å². The van der Waals surface area contributed by atoms with Gasteiger partial charge >= 0.3 is 0 Å². The first-order chi connectivity index (χ1) is 35.2. The molecule has 1 atom stereocenters. The number of hydrogen-bond acceptors (Lipinski definition) is 2. The molecule has 5 nitrogen and oxygen atoms in total. The minimum Gasteiger partial charge on any atom is -0.485 e. The zero-order chi connectivity index (χ0) is 46.3. The van der Waals surface area contributed by atoms with Gasteiger partial charge < -0.3 is 22.9 Å². The van der Waals surface area contributed by atoms with Gasteiger partial charge in [0.1, 0.15) is 23.0 Å². The van der Waals surface area contributed by atoms with Crippen molar-refractivity contribution in [2.45, 2.75) is 12.5 Å². The minimum atomic E-state index is -0.00845. The summed E-state index contributed by atoms with van der Waals surface area (Å²) < 4.78 is 20.3. The van der Waals surface area contributed by atoms with Crippen molar-refractivity contribution in [2.75, 3.05) is 0 Å². The lowest BCUT2D eigenvalue weighted by Gasteiger charge is -2.20. The Bertz CT molecular complexity index is 4570. The number of fused-ring (bicyclic) bond motifs is 15. The van der Waals surface area contributed by atoms with Gasteiger partial charge in [-0.3, -0.25) is 0 Å². The Balaban J connectivity index is 0.886. The quantitative estimate of drug-likeness (QED) is 0.173. The molecule has 1 unspecified atom stereocenters. The average Bonchev–Trinajstić information content (AvgIpc) is 4.23. The Kier molecular flexibility index (Phi) is 7.94. The van der Waals surface area contributed by atoms with Crippen molar-refractivity contribution in [1.82, 2.24) is 13.7 Å². The summed E-state index contributed by atoms with van der Waals surface area (Å²) >= 11 is 0. The third kappa shape index (κ3) is 5.63. The molecule has 5 heteroatoms. The molecular formula is C66H41N3O2. The summed E-state index contributed by atoms with van der Waals surface area (Å²) in [7, 11) is 0. The summed E-state index contributed by atoms with van der Waals surface area (Å²) in [6, 6.07) is 81.6. The predicted molar refractivity (Wildman–Crippen MR) is 293 cm³/mol. The van der Waals surface area contributed by atoms with E-state index in [2.05, 4.69) is 238 Å². The van der Waals surface area contributed by atoms with E-state index in [1.165, 1.54) is 88.1 Å². The van der Waals surface area contributed by atoms with E-state index in [1.54, 1.807) is 0 Å². The number of nitrogens with zero attached hydrogens (tertiary/aromatic N) is 3. The Labute approximate surface area is 407 Å². The van der Waals surface area contributed by atoms with Gasteiger partial charge in [-0.25, -0.2) is 0 Å². The van der Waals surface area contributed by atoms with E-state index < -0.39 is 0 Å². The molecule has 16 rings (SSSR count). The molecular weight excluding hydrogens is 867 g/mol. The fourth-order valence-electron chi connectivity index (χ4n) is 12.1. The van der Waals surface area contributed by atoms with Crippen molar-refractivity contribution in [3.63, 3.8) is 0 Å². The third-order valence-corrected chi connectivity index (χ3v) is 15.3. The molecule has 0 fully saturated rings. The lowest BCUT2D eigenvalue weighted by molar-refractivity contribution is 0.274. The van der Waals surface area contributed by atoms with Crippen LogP contribution < -0.4 is 4.74 Å². The van der Waals surface area contributed by atoms with E-state index in [4.69, 9.17) is 9.15 Å². The molecule has 1 aliphatic heterocycles. The average molecular weight is 908 g/mol. The Morgan fingerprint density at radius 1 is 0.352 bits per heavy atom. The Morgan fingerprint density at radius 2 is 0.831 bits per heavy atom. The van der Waals surface area contributed by atoms with Crippen LogP contribution in [0.3, 0.4) is 0 Å². The van der Waals surface area contributed by atoms with Crippen LogP contribution in [0.1, 0.15) is 16.8 Å². The Morgan fingerprint density at radius 3 is 1.44 bits per heavy atom. The highest BCUT2D eigenvalue weighted by Crippen LogP contribution is 2.47. The van der Waals surface area contributed by atoms with E-state index in [0.717, 1.165) is 62.2 Å². The van der Waals surface area contributed by atoms with Crippen LogP contribution in [0.15, 0.2) is 229 Å². The molecule has 0 spiro atoms. The summed E-state index contributed by atoms with van der Waals surface area (Å²) in [6.07, 6.45) is 3.19. The molecule has 332 valence electrons. The number of benzene rings is 10. The first-order valence-electron chi connectivity index (χ1n) is 24.5.